The molecule has 0 aliphatic rings. The SMILES string of the molecule is N#CC(CO)c1ccc(F)cn1. The number of aliphatic hydroxyl groups excluding tert-OH is 1. The maximum atomic E-state index is 12.4. The molecule has 1 aromatic rings. The normalized spacial score (nSPS) is 12.1. The third kappa shape index (κ3) is 1.77. The highest BCUT2D eigenvalue weighted by Crippen LogP contribution is 2.10. The topological polar surface area (TPSA) is 56.9 Å². The average Bonchev–Trinajstić information content (AvgIpc) is 2.10. The summed E-state index contributed by atoms with van der Waals surface area (Å²) >= 11 is 0. The number of rotatable bonds is 2. The molecule has 1 aromatic heterocycles. The van der Waals surface area contributed by atoms with Crippen LogP contribution in [0.1, 0.15) is 11.6 Å². The second-order valence-corrected chi connectivity index (χ2v) is 2.27. The third-order valence-electron chi connectivity index (χ3n) is 1.45. The second kappa shape index (κ2) is 3.79. The van der Waals surface area contributed by atoms with Crippen LogP contribution < -0.4 is 0 Å². The molecular weight excluding hydrogens is 159 g/mol. The third-order valence-corrected chi connectivity index (χ3v) is 1.45. The first kappa shape index (κ1) is 8.62. The zero-order valence-electron chi connectivity index (χ0n) is 6.24. The van der Waals surface area contributed by atoms with Crippen LogP contribution in [0, 0.1) is 17.1 Å². The minimum absolute atomic E-state index is 0.296. The van der Waals surface area contributed by atoms with Crippen molar-refractivity contribution in [2.75, 3.05) is 6.61 Å². The largest absolute Gasteiger partial charge is 0.395 e. The Morgan fingerprint density at radius 3 is 2.83 bits per heavy atom. The molecule has 0 aliphatic heterocycles. The van der Waals surface area contributed by atoms with Crippen molar-refractivity contribution in [3.63, 3.8) is 0 Å². The number of nitriles is 1. The maximum absolute atomic E-state index is 12.4. The van der Waals surface area contributed by atoms with Crippen molar-refractivity contribution in [1.29, 1.82) is 5.26 Å². The molecule has 1 unspecified atom stereocenters. The summed E-state index contributed by atoms with van der Waals surface area (Å²) in [6.07, 6.45) is 1.02. The van der Waals surface area contributed by atoms with Crippen molar-refractivity contribution in [2.45, 2.75) is 5.92 Å². The highest BCUT2D eigenvalue weighted by Gasteiger charge is 2.09. The van der Waals surface area contributed by atoms with E-state index in [1.807, 2.05) is 6.07 Å². The first-order valence-corrected chi connectivity index (χ1v) is 3.40. The Labute approximate surface area is 69.1 Å². The quantitative estimate of drug-likeness (QED) is 0.707. The molecule has 4 heteroatoms. The molecule has 0 amide bonds. The fraction of sp³-hybridized carbons (Fsp3) is 0.250. The lowest BCUT2D eigenvalue weighted by molar-refractivity contribution is 0.284. The van der Waals surface area contributed by atoms with E-state index in [4.69, 9.17) is 10.4 Å². The van der Waals surface area contributed by atoms with E-state index in [2.05, 4.69) is 4.98 Å². The number of aromatic nitrogens is 1. The minimum Gasteiger partial charge on any atom is -0.395 e. The first-order chi connectivity index (χ1) is 5.77. The van der Waals surface area contributed by atoms with Crippen LogP contribution in [-0.4, -0.2) is 16.7 Å². The molecule has 1 heterocycles. The second-order valence-electron chi connectivity index (χ2n) is 2.27. The summed E-state index contributed by atoms with van der Waals surface area (Å²) < 4.78 is 12.4. The molecule has 3 nitrogen and oxygen atoms in total. The van der Waals surface area contributed by atoms with Gasteiger partial charge in [0.15, 0.2) is 0 Å². The van der Waals surface area contributed by atoms with Gasteiger partial charge in [0.2, 0.25) is 0 Å². The fourth-order valence-electron chi connectivity index (χ4n) is 0.794. The van der Waals surface area contributed by atoms with Gasteiger partial charge in [-0.25, -0.2) is 4.39 Å². The van der Waals surface area contributed by atoms with Gasteiger partial charge >= 0.3 is 0 Å². The van der Waals surface area contributed by atoms with Crippen LogP contribution in [0.4, 0.5) is 4.39 Å². The zero-order valence-corrected chi connectivity index (χ0v) is 6.24. The lowest BCUT2D eigenvalue weighted by Gasteiger charge is -2.02. The van der Waals surface area contributed by atoms with Crippen molar-refractivity contribution in [2.24, 2.45) is 0 Å². The van der Waals surface area contributed by atoms with Gasteiger partial charge in [0, 0.05) is 0 Å². The van der Waals surface area contributed by atoms with E-state index in [0.717, 1.165) is 6.20 Å². The molecule has 0 radical (unpaired) electrons. The molecular formula is C8H7FN2O. The first-order valence-electron chi connectivity index (χ1n) is 3.40. The van der Waals surface area contributed by atoms with Gasteiger partial charge in [-0.1, -0.05) is 0 Å². The number of hydrogen-bond donors (Lipinski definition) is 1. The lowest BCUT2D eigenvalue weighted by atomic mass is 10.1. The minimum atomic E-state index is -0.661. The highest BCUT2D eigenvalue weighted by molar-refractivity contribution is 5.16. The monoisotopic (exact) mass is 166 g/mol. The molecule has 0 aliphatic carbocycles. The number of pyridine rings is 1. The van der Waals surface area contributed by atoms with E-state index in [1.54, 1.807) is 0 Å². The number of halogens is 1. The molecule has 1 atom stereocenters. The smallest absolute Gasteiger partial charge is 0.141 e. The maximum Gasteiger partial charge on any atom is 0.141 e. The van der Waals surface area contributed by atoms with E-state index < -0.39 is 11.7 Å². The van der Waals surface area contributed by atoms with Gasteiger partial charge in [-0.05, 0) is 12.1 Å². The molecule has 62 valence electrons. The van der Waals surface area contributed by atoms with Crippen LogP contribution in [0.2, 0.25) is 0 Å². The Kier molecular flexibility index (Phi) is 2.72. The van der Waals surface area contributed by atoms with Crippen molar-refractivity contribution < 1.29 is 9.50 Å². The lowest BCUT2D eigenvalue weighted by Crippen LogP contribution is -2.03. The summed E-state index contributed by atoms with van der Waals surface area (Å²) in [5.41, 5.74) is 0.390. The standard InChI is InChI=1S/C8H7FN2O/c9-7-1-2-8(11-4-7)6(3-10)5-12/h1-2,4,6,12H,5H2. The Balaban J connectivity index is 2.89. The average molecular weight is 166 g/mol. The van der Waals surface area contributed by atoms with Gasteiger partial charge in [-0.3, -0.25) is 4.98 Å². The van der Waals surface area contributed by atoms with E-state index >= 15 is 0 Å². The summed E-state index contributed by atoms with van der Waals surface area (Å²) in [5.74, 6) is -1.11. The highest BCUT2D eigenvalue weighted by atomic mass is 19.1. The van der Waals surface area contributed by atoms with Crippen LogP contribution in [0.3, 0.4) is 0 Å². The van der Waals surface area contributed by atoms with Gasteiger partial charge < -0.3 is 5.11 Å². The molecule has 0 bridgehead atoms. The molecule has 0 saturated carbocycles. The van der Waals surface area contributed by atoms with Crippen molar-refractivity contribution in [1.82, 2.24) is 4.98 Å². The Bertz CT molecular complexity index is 291. The van der Waals surface area contributed by atoms with Crippen LogP contribution in [0.15, 0.2) is 18.3 Å². The molecule has 0 saturated heterocycles. The van der Waals surface area contributed by atoms with Gasteiger partial charge in [0.25, 0.3) is 0 Å². The van der Waals surface area contributed by atoms with Gasteiger partial charge in [-0.15, -0.1) is 0 Å². The van der Waals surface area contributed by atoms with Crippen molar-refractivity contribution in [3.05, 3.63) is 29.8 Å². The number of hydrogen-bond acceptors (Lipinski definition) is 3. The Morgan fingerprint density at radius 1 is 1.67 bits per heavy atom. The summed E-state index contributed by atoms with van der Waals surface area (Å²) in [7, 11) is 0. The molecule has 12 heavy (non-hydrogen) atoms. The predicted molar refractivity (Wildman–Crippen MR) is 39.6 cm³/mol. The Morgan fingerprint density at radius 2 is 2.42 bits per heavy atom. The molecule has 0 aromatic carbocycles. The number of nitrogens with zero attached hydrogens (tertiary/aromatic N) is 2. The van der Waals surface area contributed by atoms with E-state index in [1.165, 1.54) is 12.1 Å². The van der Waals surface area contributed by atoms with Crippen LogP contribution in [0.5, 0.6) is 0 Å². The molecule has 0 spiro atoms. The van der Waals surface area contributed by atoms with Crippen LogP contribution in [0.25, 0.3) is 0 Å². The van der Waals surface area contributed by atoms with Crippen LogP contribution in [-0.2, 0) is 0 Å². The van der Waals surface area contributed by atoms with Gasteiger partial charge in [0.05, 0.1) is 24.6 Å². The summed E-state index contributed by atoms with van der Waals surface area (Å²) in [5, 5.41) is 17.2. The zero-order chi connectivity index (χ0) is 8.97. The van der Waals surface area contributed by atoms with E-state index in [-0.39, 0.29) is 6.61 Å². The van der Waals surface area contributed by atoms with E-state index in [9.17, 15) is 4.39 Å². The van der Waals surface area contributed by atoms with Crippen molar-refractivity contribution >= 4 is 0 Å². The molecule has 0 fully saturated rings. The summed E-state index contributed by atoms with van der Waals surface area (Å²) in [4.78, 5) is 3.66. The van der Waals surface area contributed by atoms with Crippen LogP contribution >= 0.6 is 0 Å². The van der Waals surface area contributed by atoms with Crippen molar-refractivity contribution in [3.8, 4) is 6.07 Å². The fourth-order valence-corrected chi connectivity index (χ4v) is 0.794. The summed E-state index contributed by atoms with van der Waals surface area (Å²) in [6, 6.07) is 4.45. The molecule has 1 N–H and O–H groups in total. The molecule has 1 rings (SSSR count). The number of aliphatic hydroxyl groups is 1. The van der Waals surface area contributed by atoms with Gasteiger partial charge in [-0.2, -0.15) is 5.26 Å². The predicted octanol–water partition coefficient (Wildman–Crippen LogP) is 0.820. The Hall–Kier alpha value is -1.47. The summed E-state index contributed by atoms with van der Waals surface area (Å²) in [6.45, 7) is -0.296. The van der Waals surface area contributed by atoms with E-state index in [0.29, 0.717) is 5.69 Å². The van der Waals surface area contributed by atoms with Gasteiger partial charge in [0.1, 0.15) is 11.7 Å².